The molecule has 3 rings (SSSR count). The van der Waals surface area contributed by atoms with E-state index < -0.39 is 0 Å². The number of hydrogen-bond donors (Lipinski definition) is 2. The van der Waals surface area contributed by atoms with E-state index in [1.54, 1.807) is 11.8 Å². The maximum atomic E-state index is 8.86. The summed E-state index contributed by atoms with van der Waals surface area (Å²) in [4.78, 5) is 12.9. The lowest BCUT2D eigenvalue weighted by molar-refractivity contribution is 0.896. The number of nitriles is 1. The lowest BCUT2D eigenvalue weighted by Crippen LogP contribution is -2.08. The van der Waals surface area contributed by atoms with E-state index in [1.165, 1.54) is 0 Å². The van der Waals surface area contributed by atoms with Gasteiger partial charge in [-0.05, 0) is 36.8 Å². The molecule has 0 unspecified atom stereocenters. The molecule has 0 aliphatic carbocycles. The molecule has 3 N–H and O–H groups in total. The summed E-state index contributed by atoms with van der Waals surface area (Å²) in [5.41, 5.74) is 8.54. The Kier molecular flexibility index (Phi) is 5.66. The van der Waals surface area contributed by atoms with Gasteiger partial charge in [0.05, 0.1) is 16.9 Å². The number of nitrogens with two attached hydrogens (primary N) is 1. The summed E-state index contributed by atoms with van der Waals surface area (Å²) in [6.07, 6.45) is 0. The normalized spacial score (nSPS) is 11.5. The van der Waals surface area contributed by atoms with Gasteiger partial charge in [-0.3, -0.25) is 0 Å². The standard InChI is InChI=1S/C19H18N6S/c1-13(26-12-15-9-7-14(11-20)8-10-15)17-23-18(21)25-19(24-17)22-16-5-3-2-4-6-16/h2-10,13H,12H2,1H3,(H3,21,22,23,24,25)/t13-/m0/s1. The molecule has 0 aliphatic rings. The van der Waals surface area contributed by atoms with E-state index >= 15 is 0 Å². The highest BCUT2D eigenvalue weighted by atomic mass is 32.2. The van der Waals surface area contributed by atoms with Gasteiger partial charge in [0.1, 0.15) is 5.82 Å². The van der Waals surface area contributed by atoms with E-state index in [0.29, 0.717) is 17.3 Å². The highest BCUT2D eigenvalue weighted by Crippen LogP contribution is 2.29. The van der Waals surface area contributed by atoms with Crippen molar-refractivity contribution in [1.29, 1.82) is 5.26 Å². The van der Waals surface area contributed by atoms with Gasteiger partial charge in [0.25, 0.3) is 0 Å². The van der Waals surface area contributed by atoms with Gasteiger partial charge in [0, 0.05) is 11.4 Å². The van der Waals surface area contributed by atoms with Crippen molar-refractivity contribution < 1.29 is 0 Å². The zero-order chi connectivity index (χ0) is 18.4. The van der Waals surface area contributed by atoms with Crippen molar-refractivity contribution in [2.45, 2.75) is 17.9 Å². The van der Waals surface area contributed by atoms with Crippen LogP contribution >= 0.6 is 11.8 Å². The molecule has 0 aliphatic heterocycles. The van der Waals surface area contributed by atoms with Crippen LogP contribution in [0.15, 0.2) is 54.6 Å². The summed E-state index contributed by atoms with van der Waals surface area (Å²) >= 11 is 1.70. The molecular formula is C19H18N6S. The van der Waals surface area contributed by atoms with Crippen LogP contribution in [0, 0.1) is 11.3 Å². The van der Waals surface area contributed by atoms with E-state index in [2.05, 4.69) is 26.3 Å². The second kappa shape index (κ2) is 8.32. The molecule has 6 nitrogen and oxygen atoms in total. The van der Waals surface area contributed by atoms with Gasteiger partial charge in [-0.1, -0.05) is 30.3 Å². The average molecular weight is 362 g/mol. The summed E-state index contributed by atoms with van der Waals surface area (Å²) in [5, 5.41) is 12.1. The largest absolute Gasteiger partial charge is 0.368 e. The van der Waals surface area contributed by atoms with Gasteiger partial charge in [-0.15, -0.1) is 11.8 Å². The fourth-order valence-electron chi connectivity index (χ4n) is 2.27. The Hall–Kier alpha value is -3.11. The minimum absolute atomic E-state index is 0.0484. The van der Waals surface area contributed by atoms with Crippen LogP contribution in [-0.4, -0.2) is 15.0 Å². The van der Waals surface area contributed by atoms with Crippen LogP contribution < -0.4 is 11.1 Å². The molecule has 130 valence electrons. The van der Waals surface area contributed by atoms with Gasteiger partial charge >= 0.3 is 0 Å². The number of rotatable bonds is 6. The van der Waals surface area contributed by atoms with Gasteiger partial charge < -0.3 is 11.1 Å². The quantitative estimate of drug-likeness (QED) is 0.682. The van der Waals surface area contributed by atoms with Crippen molar-refractivity contribution in [1.82, 2.24) is 15.0 Å². The molecule has 26 heavy (non-hydrogen) atoms. The summed E-state index contributed by atoms with van der Waals surface area (Å²) in [6, 6.07) is 19.4. The average Bonchev–Trinajstić information content (AvgIpc) is 2.67. The zero-order valence-electron chi connectivity index (χ0n) is 14.3. The van der Waals surface area contributed by atoms with E-state index in [1.807, 2.05) is 61.5 Å². The first kappa shape index (κ1) is 17.7. The number of thioether (sulfide) groups is 1. The Morgan fingerprint density at radius 3 is 2.50 bits per heavy atom. The van der Waals surface area contributed by atoms with Gasteiger partial charge in [-0.2, -0.15) is 20.2 Å². The molecule has 3 aromatic rings. The number of nitrogens with one attached hydrogen (secondary N) is 1. The van der Waals surface area contributed by atoms with E-state index in [9.17, 15) is 0 Å². The Bertz CT molecular complexity index is 906. The number of benzene rings is 2. The van der Waals surface area contributed by atoms with Crippen LogP contribution in [0.1, 0.15) is 29.1 Å². The minimum atomic E-state index is 0.0484. The molecule has 0 amide bonds. The van der Waals surface area contributed by atoms with Gasteiger partial charge in [-0.25, -0.2) is 0 Å². The molecular weight excluding hydrogens is 344 g/mol. The van der Waals surface area contributed by atoms with Crippen LogP contribution in [0.4, 0.5) is 17.6 Å². The van der Waals surface area contributed by atoms with E-state index in [4.69, 9.17) is 11.0 Å². The van der Waals surface area contributed by atoms with Crippen LogP contribution in [0.5, 0.6) is 0 Å². The fraction of sp³-hybridized carbons (Fsp3) is 0.158. The topological polar surface area (TPSA) is 101 Å². The van der Waals surface area contributed by atoms with Crippen molar-refractivity contribution in [2.75, 3.05) is 11.1 Å². The Morgan fingerprint density at radius 1 is 1.08 bits per heavy atom. The number of anilines is 3. The lowest BCUT2D eigenvalue weighted by atomic mass is 10.2. The molecule has 0 spiro atoms. The molecule has 1 atom stereocenters. The predicted octanol–water partition coefficient (Wildman–Crippen LogP) is 4.06. The lowest BCUT2D eigenvalue weighted by Gasteiger charge is -2.12. The van der Waals surface area contributed by atoms with Crippen molar-refractivity contribution >= 4 is 29.3 Å². The highest BCUT2D eigenvalue weighted by molar-refractivity contribution is 7.98. The van der Waals surface area contributed by atoms with Crippen molar-refractivity contribution in [3.8, 4) is 6.07 Å². The fourth-order valence-corrected chi connectivity index (χ4v) is 3.16. The second-order valence-electron chi connectivity index (χ2n) is 5.63. The third kappa shape index (κ3) is 4.71. The SMILES string of the molecule is C[C@H](SCc1ccc(C#N)cc1)c1nc(N)nc(Nc2ccccc2)n1. The van der Waals surface area contributed by atoms with Crippen molar-refractivity contribution in [3.05, 3.63) is 71.5 Å². The molecule has 0 saturated heterocycles. The summed E-state index contributed by atoms with van der Waals surface area (Å²) in [7, 11) is 0. The van der Waals surface area contributed by atoms with Gasteiger partial charge in [0.2, 0.25) is 11.9 Å². The molecule has 0 fully saturated rings. The number of nitrogens with zero attached hydrogens (tertiary/aromatic N) is 4. The zero-order valence-corrected chi connectivity index (χ0v) is 15.1. The smallest absolute Gasteiger partial charge is 0.232 e. The van der Waals surface area contributed by atoms with Crippen molar-refractivity contribution in [2.24, 2.45) is 0 Å². The second-order valence-corrected chi connectivity index (χ2v) is 6.96. The first-order valence-corrected chi connectivity index (χ1v) is 9.13. The molecule has 0 bridgehead atoms. The first-order valence-electron chi connectivity index (χ1n) is 8.08. The number of nitrogen functional groups attached to an aromatic ring is 1. The number of para-hydroxylation sites is 1. The predicted molar refractivity (Wildman–Crippen MR) is 105 cm³/mol. The van der Waals surface area contributed by atoms with Crippen molar-refractivity contribution in [3.63, 3.8) is 0 Å². The minimum Gasteiger partial charge on any atom is -0.368 e. The monoisotopic (exact) mass is 362 g/mol. The first-order chi connectivity index (χ1) is 12.6. The van der Waals surface area contributed by atoms with E-state index in [0.717, 1.165) is 17.0 Å². The van der Waals surface area contributed by atoms with Crippen LogP contribution in [0.25, 0.3) is 0 Å². The number of hydrogen-bond acceptors (Lipinski definition) is 7. The maximum absolute atomic E-state index is 8.86. The van der Waals surface area contributed by atoms with Gasteiger partial charge in [0.15, 0.2) is 0 Å². The number of aromatic nitrogens is 3. The Morgan fingerprint density at radius 2 is 1.81 bits per heavy atom. The third-order valence-electron chi connectivity index (χ3n) is 3.65. The molecule has 1 heterocycles. The maximum Gasteiger partial charge on any atom is 0.232 e. The molecule has 2 aromatic carbocycles. The molecule has 0 saturated carbocycles. The molecule has 7 heteroatoms. The van der Waals surface area contributed by atoms with Crippen LogP contribution in [0.3, 0.4) is 0 Å². The highest BCUT2D eigenvalue weighted by Gasteiger charge is 2.13. The van der Waals surface area contributed by atoms with E-state index in [-0.39, 0.29) is 11.2 Å². The third-order valence-corrected chi connectivity index (χ3v) is 4.86. The van der Waals surface area contributed by atoms with Crippen LogP contribution in [-0.2, 0) is 5.75 Å². The Labute approximate surface area is 156 Å². The molecule has 0 radical (unpaired) electrons. The summed E-state index contributed by atoms with van der Waals surface area (Å²) in [6.45, 7) is 2.04. The van der Waals surface area contributed by atoms with Crippen LogP contribution in [0.2, 0.25) is 0 Å². The Balaban J connectivity index is 1.68. The molecule has 1 aromatic heterocycles. The summed E-state index contributed by atoms with van der Waals surface area (Å²) < 4.78 is 0. The summed E-state index contributed by atoms with van der Waals surface area (Å²) in [5.74, 6) is 2.05.